The van der Waals surface area contributed by atoms with Gasteiger partial charge in [-0.25, -0.2) is 23.4 Å². The highest BCUT2D eigenvalue weighted by Gasteiger charge is 2.20. The van der Waals surface area contributed by atoms with E-state index in [-0.39, 0.29) is 0 Å². The van der Waals surface area contributed by atoms with Crippen LogP contribution in [0.2, 0.25) is 0 Å². The molecule has 1 aromatic rings. The fourth-order valence-electron chi connectivity index (χ4n) is 0.583. The molecule has 0 saturated heterocycles. The maximum atomic E-state index is 10.6. The molecule has 80 valence electrons. The van der Waals surface area contributed by atoms with E-state index >= 15 is 0 Å². The van der Waals surface area contributed by atoms with Crippen LogP contribution >= 0.6 is 59.4 Å². The van der Waals surface area contributed by atoms with Crippen molar-refractivity contribution in [2.75, 3.05) is 0 Å². The normalized spacial score (nSPS) is 11.6. The van der Waals surface area contributed by atoms with E-state index in [4.69, 9.17) is 0 Å². The van der Waals surface area contributed by atoms with Gasteiger partial charge in [-0.15, -0.1) is 0 Å². The van der Waals surface area contributed by atoms with Crippen LogP contribution < -0.4 is 0 Å². The van der Waals surface area contributed by atoms with Crippen LogP contribution in [0.1, 0.15) is 0 Å². The molecular weight excluding hydrogens is 541 g/mol. The van der Waals surface area contributed by atoms with Gasteiger partial charge in [-0.2, -0.15) is 0 Å². The van der Waals surface area contributed by atoms with Gasteiger partial charge in [0.1, 0.15) is 0 Å². The summed E-state index contributed by atoms with van der Waals surface area (Å²) in [6.45, 7) is 0. The van der Waals surface area contributed by atoms with Crippen molar-refractivity contribution in [1.82, 2.24) is 9.97 Å². The molecule has 0 saturated carbocycles. The number of hydrogen-bond acceptors (Lipinski definition) is 7. The van der Waals surface area contributed by atoms with Gasteiger partial charge >= 0.3 is 59.4 Å². The summed E-state index contributed by atoms with van der Waals surface area (Å²) < 4.78 is 61.5. The summed E-state index contributed by atoms with van der Waals surface area (Å²) in [6, 6.07) is 0. The van der Waals surface area contributed by atoms with Crippen LogP contribution in [0.15, 0.2) is 0 Å². The standard InChI is InChI=1S/C3HI3N2O6/c9-4(10)1-2(5(11)12)8-3(7-1)6(13)14/h(H,7,8). The Labute approximate surface area is 97.7 Å². The summed E-state index contributed by atoms with van der Waals surface area (Å²) in [5.74, 6) is 0. The van der Waals surface area contributed by atoms with Crippen molar-refractivity contribution in [3.63, 3.8) is 0 Å². The highest BCUT2D eigenvalue weighted by molar-refractivity contribution is 14.2. The summed E-state index contributed by atoms with van der Waals surface area (Å²) in [6.07, 6.45) is 0. The van der Waals surface area contributed by atoms with E-state index < -0.39 is 70.6 Å². The Morgan fingerprint density at radius 3 is 1.71 bits per heavy atom. The number of hydrogen-bond donors (Lipinski definition) is 1. The van der Waals surface area contributed by atoms with Crippen molar-refractivity contribution >= 4 is 59.4 Å². The lowest BCUT2D eigenvalue weighted by Crippen LogP contribution is -1.77. The number of aromatic nitrogens is 2. The molecule has 0 aliphatic heterocycles. The monoisotopic (exact) mass is 542 g/mol. The molecule has 0 fully saturated rings. The number of nitrogens with zero attached hydrogens (tertiary/aromatic N) is 1. The van der Waals surface area contributed by atoms with Gasteiger partial charge in [0, 0.05) is 0 Å². The van der Waals surface area contributed by atoms with Gasteiger partial charge in [0.25, 0.3) is 0 Å². The quantitative estimate of drug-likeness (QED) is 0.574. The van der Waals surface area contributed by atoms with Gasteiger partial charge < -0.3 is 4.98 Å². The molecule has 0 aliphatic rings. The van der Waals surface area contributed by atoms with Crippen LogP contribution in [-0.4, -0.2) is 9.97 Å². The fourth-order valence-corrected chi connectivity index (χ4v) is 6.64. The molecule has 1 aromatic heterocycles. The Hall–Kier alpha value is 0.200. The van der Waals surface area contributed by atoms with Crippen molar-refractivity contribution < 1.29 is 18.4 Å². The molecule has 0 amide bonds. The predicted octanol–water partition coefficient (Wildman–Crippen LogP) is 1.51. The predicted molar refractivity (Wildman–Crippen MR) is 60.9 cm³/mol. The number of rotatable bonds is 3. The topological polar surface area (TPSA) is 131 Å². The second-order valence-electron chi connectivity index (χ2n) is 1.78. The van der Waals surface area contributed by atoms with Gasteiger partial charge in [-0.1, -0.05) is 0 Å². The largest absolute Gasteiger partial charge is 0.377 e. The van der Waals surface area contributed by atoms with Crippen molar-refractivity contribution in [3.05, 3.63) is 11.2 Å². The minimum atomic E-state index is -4.07. The van der Waals surface area contributed by atoms with Crippen molar-refractivity contribution in [2.45, 2.75) is 0 Å². The molecule has 0 aliphatic carbocycles. The van der Waals surface area contributed by atoms with Gasteiger partial charge in [0.2, 0.25) is 7.53 Å². The first-order valence-electron chi connectivity index (χ1n) is 2.69. The van der Waals surface area contributed by atoms with Crippen molar-refractivity contribution in [3.8, 4) is 0 Å². The minimum absolute atomic E-state index is 0.554. The van der Waals surface area contributed by atoms with Crippen LogP contribution in [0, 0.1) is 11.2 Å². The lowest BCUT2D eigenvalue weighted by Gasteiger charge is -1.76. The van der Waals surface area contributed by atoms with E-state index in [1.54, 1.807) is 0 Å². The lowest BCUT2D eigenvalue weighted by atomic mass is 11.0. The second kappa shape index (κ2) is 4.81. The third kappa shape index (κ3) is 2.61. The number of nitrogens with one attached hydrogen (secondary N) is 1. The first-order chi connectivity index (χ1) is 6.43. The smallest absolute Gasteiger partial charge is 0.319 e. The maximum Gasteiger partial charge on any atom is 0.377 e. The van der Waals surface area contributed by atoms with E-state index in [0.717, 1.165) is 0 Å². The number of aromatic amines is 1. The van der Waals surface area contributed by atoms with Crippen molar-refractivity contribution in [1.29, 1.82) is 0 Å². The van der Waals surface area contributed by atoms with E-state index in [1.807, 2.05) is 4.98 Å². The molecule has 1 heterocycles. The Balaban J connectivity index is 3.56. The Morgan fingerprint density at radius 2 is 1.43 bits per heavy atom. The van der Waals surface area contributed by atoms with E-state index in [9.17, 15) is 18.4 Å². The summed E-state index contributed by atoms with van der Waals surface area (Å²) >= 11 is -12.1. The SMILES string of the molecule is O=I(=O)c1nc(I(=O)=O)c(I(=O)=O)[nH]1. The van der Waals surface area contributed by atoms with E-state index in [0.29, 0.717) is 0 Å². The maximum absolute atomic E-state index is 10.6. The average molecular weight is 542 g/mol. The second-order valence-corrected chi connectivity index (χ2v) is 8.63. The molecule has 0 aromatic carbocycles. The van der Waals surface area contributed by atoms with Gasteiger partial charge in [-0.05, 0) is 0 Å². The molecule has 1 N–H and O–H groups in total. The van der Waals surface area contributed by atoms with E-state index in [1.165, 1.54) is 0 Å². The number of H-pyrrole nitrogens is 1. The number of imidazole rings is 1. The molecule has 1 rings (SSSR count). The van der Waals surface area contributed by atoms with Gasteiger partial charge in [0.05, 0.1) is 0 Å². The fraction of sp³-hybridized carbons (Fsp3) is 0. The van der Waals surface area contributed by atoms with Crippen LogP contribution in [0.5, 0.6) is 0 Å². The van der Waals surface area contributed by atoms with Crippen molar-refractivity contribution in [2.24, 2.45) is 0 Å². The minimum Gasteiger partial charge on any atom is -0.319 e. The highest BCUT2D eigenvalue weighted by atomic mass is 127. The zero-order valence-electron chi connectivity index (χ0n) is 6.03. The molecule has 0 radical (unpaired) electrons. The Morgan fingerprint density at radius 1 is 0.857 bits per heavy atom. The first-order valence-corrected chi connectivity index (χ1v) is 11.2. The molecule has 0 unspecified atom stereocenters. The first kappa shape index (κ1) is 12.3. The zero-order valence-corrected chi connectivity index (χ0v) is 12.5. The molecule has 8 nitrogen and oxygen atoms in total. The van der Waals surface area contributed by atoms with Gasteiger partial charge in [-0.3, -0.25) is 0 Å². The summed E-state index contributed by atoms with van der Waals surface area (Å²) in [5, 5.41) is 0. The van der Waals surface area contributed by atoms with Crippen LogP contribution in [0.3, 0.4) is 0 Å². The Kier molecular flexibility index (Phi) is 4.22. The summed E-state index contributed by atoms with van der Waals surface area (Å²) in [5.41, 5.74) is 0. The molecule has 0 atom stereocenters. The summed E-state index contributed by atoms with van der Waals surface area (Å²) in [7, 11) is 0. The number of halogens is 3. The zero-order chi connectivity index (χ0) is 10.9. The van der Waals surface area contributed by atoms with Crippen LogP contribution in [0.25, 0.3) is 0 Å². The lowest BCUT2D eigenvalue weighted by molar-refractivity contribution is 0.607. The van der Waals surface area contributed by atoms with Gasteiger partial charge in [0.15, 0.2) is 3.70 Å². The van der Waals surface area contributed by atoms with E-state index in [2.05, 4.69) is 4.98 Å². The van der Waals surface area contributed by atoms with Crippen LogP contribution in [0.4, 0.5) is 0 Å². The Bertz CT molecular complexity index is 512. The molecule has 14 heavy (non-hydrogen) atoms. The third-order valence-electron chi connectivity index (χ3n) is 1.04. The molecular formula is C3HI3N2O6. The molecule has 11 heteroatoms. The average Bonchev–Trinajstić information content (AvgIpc) is 2.47. The molecule has 0 bridgehead atoms. The third-order valence-corrected chi connectivity index (χ3v) is 6.69. The highest BCUT2D eigenvalue weighted by Crippen LogP contribution is 2.28. The molecule has 0 spiro atoms. The van der Waals surface area contributed by atoms with Crippen LogP contribution in [-0.2, 0) is 18.4 Å². The summed E-state index contributed by atoms with van der Waals surface area (Å²) in [4.78, 5) is 5.18.